The lowest BCUT2D eigenvalue weighted by atomic mass is 9.80. The Balaban J connectivity index is 1.93. The molecule has 2 atom stereocenters. The van der Waals surface area contributed by atoms with Crippen molar-refractivity contribution in [3.63, 3.8) is 0 Å². The molecule has 1 aromatic heterocycles. The van der Waals surface area contributed by atoms with Crippen molar-refractivity contribution in [3.05, 3.63) is 18.1 Å². The summed E-state index contributed by atoms with van der Waals surface area (Å²) in [6, 6.07) is 0. The number of hydrogen-bond donors (Lipinski definition) is 1. The van der Waals surface area contributed by atoms with Crippen LogP contribution in [-0.2, 0) is 4.74 Å². The van der Waals surface area contributed by atoms with E-state index in [1.165, 1.54) is 39.0 Å². The smallest absolute Gasteiger partial charge is 0.358 e. The summed E-state index contributed by atoms with van der Waals surface area (Å²) in [5, 5.41) is 3.28. The van der Waals surface area contributed by atoms with Gasteiger partial charge in [-0.15, -0.1) is 0 Å². The second kappa shape index (κ2) is 6.50. The maximum atomic E-state index is 11.4. The van der Waals surface area contributed by atoms with Crippen LogP contribution in [0.1, 0.15) is 43.1 Å². The van der Waals surface area contributed by atoms with Gasteiger partial charge < -0.3 is 10.1 Å². The number of methoxy groups -OCH3 is 1. The van der Waals surface area contributed by atoms with Gasteiger partial charge in [0.05, 0.1) is 19.5 Å². The average Bonchev–Trinajstić information content (AvgIpc) is 2.46. The fourth-order valence-corrected chi connectivity index (χ4v) is 2.59. The fourth-order valence-electron chi connectivity index (χ4n) is 2.59. The Bertz CT molecular complexity index is 436. The predicted molar refractivity (Wildman–Crippen MR) is 73.0 cm³/mol. The van der Waals surface area contributed by atoms with E-state index in [9.17, 15) is 4.79 Å². The number of hydrogen-bond acceptors (Lipinski definition) is 5. The van der Waals surface area contributed by atoms with E-state index in [1.807, 2.05) is 0 Å². The standard InChI is InChI=1S/C14H21N3O2/c1-10-5-3-4-6-11(10)7-16-13-9-15-8-12(17-13)14(18)19-2/h8-11H,3-7H2,1-2H3,(H,16,17). The second-order valence-electron chi connectivity index (χ2n) is 5.18. The van der Waals surface area contributed by atoms with Gasteiger partial charge in [-0.25, -0.2) is 9.78 Å². The van der Waals surface area contributed by atoms with Crippen LogP contribution < -0.4 is 5.32 Å². The van der Waals surface area contributed by atoms with Crippen molar-refractivity contribution in [2.45, 2.75) is 32.6 Å². The molecule has 5 nitrogen and oxygen atoms in total. The molecule has 0 amide bonds. The Morgan fingerprint density at radius 2 is 2.21 bits per heavy atom. The summed E-state index contributed by atoms with van der Waals surface area (Å²) < 4.78 is 4.63. The van der Waals surface area contributed by atoms with E-state index in [1.54, 1.807) is 6.20 Å². The van der Waals surface area contributed by atoms with Gasteiger partial charge >= 0.3 is 5.97 Å². The number of carbonyl (C=O) groups excluding carboxylic acids is 1. The molecule has 5 heteroatoms. The zero-order valence-electron chi connectivity index (χ0n) is 11.6. The van der Waals surface area contributed by atoms with Crippen LogP contribution in [0.4, 0.5) is 5.82 Å². The number of anilines is 1. The number of nitrogens with one attached hydrogen (secondary N) is 1. The summed E-state index contributed by atoms with van der Waals surface area (Å²) in [5.41, 5.74) is 0.240. The fraction of sp³-hybridized carbons (Fsp3) is 0.643. The molecule has 1 heterocycles. The van der Waals surface area contributed by atoms with E-state index in [4.69, 9.17) is 0 Å². The SMILES string of the molecule is COC(=O)c1cncc(NCC2CCCCC2C)n1. The summed E-state index contributed by atoms with van der Waals surface area (Å²) in [6.07, 6.45) is 8.28. The minimum atomic E-state index is -0.456. The zero-order valence-corrected chi connectivity index (χ0v) is 11.6. The molecular weight excluding hydrogens is 242 g/mol. The molecule has 2 unspecified atom stereocenters. The van der Waals surface area contributed by atoms with E-state index < -0.39 is 5.97 Å². The monoisotopic (exact) mass is 263 g/mol. The van der Waals surface area contributed by atoms with Gasteiger partial charge in [0.2, 0.25) is 0 Å². The van der Waals surface area contributed by atoms with Crippen molar-refractivity contribution in [2.24, 2.45) is 11.8 Å². The van der Waals surface area contributed by atoms with Crippen molar-refractivity contribution >= 4 is 11.8 Å². The largest absolute Gasteiger partial charge is 0.464 e. The highest BCUT2D eigenvalue weighted by Crippen LogP contribution is 2.29. The van der Waals surface area contributed by atoms with E-state index >= 15 is 0 Å². The second-order valence-corrected chi connectivity index (χ2v) is 5.18. The Morgan fingerprint density at radius 1 is 1.42 bits per heavy atom. The van der Waals surface area contributed by atoms with Crippen molar-refractivity contribution in [1.29, 1.82) is 0 Å². The van der Waals surface area contributed by atoms with Gasteiger partial charge in [-0.05, 0) is 18.3 Å². The summed E-state index contributed by atoms with van der Waals surface area (Å²) in [6.45, 7) is 3.20. The van der Waals surface area contributed by atoms with Crippen molar-refractivity contribution < 1.29 is 9.53 Å². The lowest BCUT2D eigenvalue weighted by molar-refractivity contribution is 0.0593. The van der Waals surface area contributed by atoms with Crippen molar-refractivity contribution in [1.82, 2.24) is 9.97 Å². The van der Waals surface area contributed by atoms with Gasteiger partial charge in [0.1, 0.15) is 5.82 Å². The molecule has 0 aromatic carbocycles. The number of rotatable bonds is 4. The molecule has 0 bridgehead atoms. The maximum Gasteiger partial charge on any atom is 0.358 e. The summed E-state index contributed by atoms with van der Waals surface area (Å²) in [4.78, 5) is 19.6. The van der Waals surface area contributed by atoms with Gasteiger partial charge in [0.25, 0.3) is 0 Å². The van der Waals surface area contributed by atoms with Gasteiger partial charge in [0.15, 0.2) is 5.69 Å². The topological polar surface area (TPSA) is 64.1 Å². The van der Waals surface area contributed by atoms with E-state index in [-0.39, 0.29) is 5.69 Å². The first-order valence-electron chi connectivity index (χ1n) is 6.85. The van der Waals surface area contributed by atoms with Crippen LogP contribution in [0.2, 0.25) is 0 Å². The van der Waals surface area contributed by atoms with Gasteiger partial charge in [-0.2, -0.15) is 0 Å². The first-order chi connectivity index (χ1) is 9.20. The summed E-state index contributed by atoms with van der Waals surface area (Å²) in [5.74, 6) is 1.61. The summed E-state index contributed by atoms with van der Waals surface area (Å²) in [7, 11) is 1.34. The van der Waals surface area contributed by atoms with Crippen LogP contribution in [0, 0.1) is 11.8 Å². The first-order valence-corrected chi connectivity index (χ1v) is 6.85. The molecule has 0 aliphatic heterocycles. The van der Waals surface area contributed by atoms with Gasteiger partial charge in [0, 0.05) is 6.54 Å². The number of aromatic nitrogens is 2. The third-order valence-corrected chi connectivity index (χ3v) is 3.86. The Morgan fingerprint density at radius 3 is 2.95 bits per heavy atom. The molecule has 1 saturated carbocycles. The van der Waals surface area contributed by atoms with Gasteiger partial charge in [-0.3, -0.25) is 4.98 Å². The molecule has 1 aromatic rings. The van der Waals surface area contributed by atoms with Crippen LogP contribution in [0.15, 0.2) is 12.4 Å². The molecule has 0 saturated heterocycles. The Labute approximate surface area is 113 Å². The number of nitrogens with zero attached hydrogens (tertiary/aromatic N) is 2. The quantitative estimate of drug-likeness (QED) is 0.845. The molecule has 1 N–H and O–H groups in total. The molecular formula is C14H21N3O2. The zero-order chi connectivity index (χ0) is 13.7. The van der Waals surface area contributed by atoms with Crippen LogP contribution in [0.5, 0.6) is 0 Å². The Kier molecular flexibility index (Phi) is 4.71. The average molecular weight is 263 g/mol. The number of carbonyl (C=O) groups is 1. The minimum Gasteiger partial charge on any atom is -0.464 e. The minimum absolute atomic E-state index is 0.240. The third kappa shape index (κ3) is 3.66. The van der Waals surface area contributed by atoms with Gasteiger partial charge in [-0.1, -0.05) is 26.2 Å². The highest BCUT2D eigenvalue weighted by Gasteiger charge is 2.21. The lowest BCUT2D eigenvalue weighted by Crippen LogP contribution is -2.24. The molecule has 1 fully saturated rings. The van der Waals surface area contributed by atoms with E-state index in [0.29, 0.717) is 11.7 Å². The molecule has 0 radical (unpaired) electrons. The Hall–Kier alpha value is -1.65. The normalized spacial score (nSPS) is 22.8. The van der Waals surface area contributed by atoms with Crippen LogP contribution in [-0.4, -0.2) is 29.6 Å². The summed E-state index contributed by atoms with van der Waals surface area (Å²) >= 11 is 0. The van der Waals surface area contributed by atoms with E-state index in [0.717, 1.165) is 12.5 Å². The molecule has 1 aliphatic carbocycles. The first kappa shape index (κ1) is 13.8. The van der Waals surface area contributed by atoms with Crippen molar-refractivity contribution in [3.8, 4) is 0 Å². The molecule has 104 valence electrons. The van der Waals surface area contributed by atoms with E-state index in [2.05, 4.69) is 26.9 Å². The third-order valence-electron chi connectivity index (χ3n) is 3.86. The predicted octanol–water partition coefficient (Wildman–Crippen LogP) is 2.50. The molecule has 1 aliphatic rings. The molecule has 2 rings (SSSR count). The van der Waals surface area contributed by atoms with Crippen LogP contribution >= 0.6 is 0 Å². The van der Waals surface area contributed by atoms with Crippen LogP contribution in [0.25, 0.3) is 0 Å². The van der Waals surface area contributed by atoms with Crippen molar-refractivity contribution in [2.75, 3.05) is 19.0 Å². The highest BCUT2D eigenvalue weighted by molar-refractivity contribution is 5.87. The van der Waals surface area contributed by atoms with Crippen LogP contribution in [0.3, 0.4) is 0 Å². The number of ether oxygens (including phenoxy) is 1. The molecule has 19 heavy (non-hydrogen) atoms. The highest BCUT2D eigenvalue weighted by atomic mass is 16.5. The number of esters is 1. The lowest BCUT2D eigenvalue weighted by Gasteiger charge is -2.28. The maximum absolute atomic E-state index is 11.4. The molecule has 0 spiro atoms.